The zero-order chi connectivity index (χ0) is 8.27. The summed E-state index contributed by atoms with van der Waals surface area (Å²) < 4.78 is 25.3. The minimum Gasteiger partial charge on any atom is -0.204 e. The first kappa shape index (κ1) is 7.70. The second-order valence-electron chi connectivity index (χ2n) is 1.97. The maximum atomic E-state index is 12.8. The fourth-order valence-electron chi connectivity index (χ4n) is 0.682. The third kappa shape index (κ3) is 1.54. The van der Waals surface area contributed by atoms with Gasteiger partial charge in [0.05, 0.1) is 0 Å². The van der Waals surface area contributed by atoms with Crippen molar-refractivity contribution in [2.75, 3.05) is 0 Å². The van der Waals surface area contributed by atoms with E-state index in [0.717, 1.165) is 6.08 Å². The highest BCUT2D eigenvalue weighted by atomic mass is 19.2. The predicted octanol–water partition coefficient (Wildman–Crippen LogP) is 2.97. The molecule has 0 heterocycles. The molecule has 0 nitrogen and oxygen atoms in total. The van der Waals surface area contributed by atoms with Crippen molar-refractivity contribution in [3.63, 3.8) is 0 Å². The second-order valence-corrected chi connectivity index (χ2v) is 1.97. The molecule has 0 fully saturated rings. The van der Waals surface area contributed by atoms with Crippen molar-refractivity contribution in [3.05, 3.63) is 53.8 Å². The van der Waals surface area contributed by atoms with Crippen molar-refractivity contribution < 1.29 is 8.78 Å². The van der Waals surface area contributed by atoms with Crippen LogP contribution in [-0.4, -0.2) is 0 Å². The molecule has 11 heavy (non-hydrogen) atoms. The maximum Gasteiger partial charge on any atom is 0.166 e. The van der Waals surface area contributed by atoms with Gasteiger partial charge in [-0.25, -0.2) is 8.78 Å². The molecule has 0 N–H and O–H groups in total. The van der Waals surface area contributed by atoms with Crippen LogP contribution in [0.1, 0.15) is 0 Å². The Hall–Kier alpha value is -1.40. The van der Waals surface area contributed by atoms with Gasteiger partial charge >= 0.3 is 0 Å². The fraction of sp³-hybridized carbons (Fsp3) is 0. The summed E-state index contributed by atoms with van der Waals surface area (Å²) in [6.45, 7) is 3.33. The molecule has 1 aliphatic rings. The summed E-state index contributed by atoms with van der Waals surface area (Å²) in [6, 6.07) is 0. The van der Waals surface area contributed by atoms with Gasteiger partial charge in [0.1, 0.15) is 0 Å². The highest BCUT2D eigenvalue weighted by Gasteiger charge is 2.07. The van der Waals surface area contributed by atoms with Gasteiger partial charge in [-0.3, -0.25) is 0 Å². The van der Waals surface area contributed by atoms with E-state index in [1.54, 1.807) is 0 Å². The van der Waals surface area contributed by atoms with E-state index < -0.39 is 11.7 Å². The van der Waals surface area contributed by atoms with Crippen LogP contribution >= 0.6 is 0 Å². The van der Waals surface area contributed by atoms with Gasteiger partial charge in [0, 0.05) is 5.57 Å². The lowest BCUT2D eigenvalue weighted by Crippen LogP contribution is -1.79. The molecular formula is C9H6F2. The summed E-state index contributed by atoms with van der Waals surface area (Å²) in [4.78, 5) is 0. The zero-order valence-electron chi connectivity index (χ0n) is 5.77. The molecule has 0 radical (unpaired) electrons. The maximum absolute atomic E-state index is 12.8. The lowest BCUT2D eigenvalue weighted by atomic mass is 10.2. The van der Waals surface area contributed by atoms with Crippen molar-refractivity contribution in [1.82, 2.24) is 0 Å². The first-order valence-electron chi connectivity index (χ1n) is 3.06. The second kappa shape index (κ2) is 3.13. The van der Waals surface area contributed by atoms with E-state index in [0.29, 0.717) is 0 Å². The molecule has 0 aromatic carbocycles. The largest absolute Gasteiger partial charge is 0.204 e. The molecule has 0 unspecified atom stereocenters. The zero-order valence-corrected chi connectivity index (χ0v) is 5.77. The topological polar surface area (TPSA) is 0 Å². The fourth-order valence-corrected chi connectivity index (χ4v) is 0.682. The summed E-state index contributed by atoms with van der Waals surface area (Å²) in [7, 11) is 0. The van der Waals surface area contributed by atoms with Crippen LogP contribution in [0.4, 0.5) is 8.78 Å². The van der Waals surface area contributed by atoms with Gasteiger partial charge in [-0.2, -0.15) is 0 Å². The molecule has 0 bridgehead atoms. The number of hydrogen-bond donors (Lipinski definition) is 0. The Morgan fingerprint density at radius 3 is 2.82 bits per heavy atom. The van der Waals surface area contributed by atoms with Crippen LogP contribution < -0.4 is 0 Å². The van der Waals surface area contributed by atoms with Crippen LogP contribution in [0.2, 0.25) is 0 Å². The Bertz CT molecular complexity index is 300. The smallest absolute Gasteiger partial charge is 0.166 e. The summed E-state index contributed by atoms with van der Waals surface area (Å²) in [6.07, 6.45) is 4.91. The Labute approximate surface area is 63.5 Å². The van der Waals surface area contributed by atoms with Crippen LogP contribution in [0.25, 0.3) is 0 Å². The third-order valence-electron chi connectivity index (χ3n) is 1.25. The number of rotatable bonds is 1. The Morgan fingerprint density at radius 2 is 2.18 bits per heavy atom. The molecule has 0 amide bonds. The van der Waals surface area contributed by atoms with E-state index in [9.17, 15) is 8.78 Å². The lowest BCUT2D eigenvalue weighted by Gasteiger charge is -1.93. The van der Waals surface area contributed by atoms with Gasteiger partial charge in [0.15, 0.2) is 11.7 Å². The van der Waals surface area contributed by atoms with E-state index in [1.807, 2.05) is 0 Å². The van der Waals surface area contributed by atoms with Gasteiger partial charge < -0.3 is 0 Å². The van der Waals surface area contributed by atoms with E-state index in [2.05, 4.69) is 12.3 Å². The monoisotopic (exact) mass is 152 g/mol. The van der Waals surface area contributed by atoms with E-state index in [1.165, 1.54) is 18.2 Å². The molecule has 0 saturated carbocycles. The van der Waals surface area contributed by atoms with Crippen molar-refractivity contribution in [3.8, 4) is 0 Å². The molecule has 56 valence electrons. The SMILES string of the molecule is C=CC1=C(F)C(F)=CC=C=C1. The van der Waals surface area contributed by atoms with Crippen LogP contribution in [0, 0.1) is 0 Å². The van der Waals surface area contributed by atoms with E-state index >= 15 is 0 Å². The van der Waals surface area contributed by atoms with Crippen molar-refractivity contribution in [2.24, 2.45) is 0 Å². The van der Waals surface area contributed by atoms with Gasteiger partial charge in [0.2, 0.25) is 0 Å². The molecule has 0 saturated heterocycles. The predicted molar refractivity (Wildman–Crippen MR) is 40.2 cm³/mol. The minimum absolute atomic E-state index is 0.118. The molecule has 0 spiro atoms. The van der Waals surface area contributed by atoms with Crippen LogP contribution in [0.3, 0.4) is 0 Å². The van der Waals surface area contributed by atoms with Crippen LogP contribution in [0.15, 0.2) is 53.8 Å². The molecule has 0 aliphatic heterocycles. The standard InChI is InChI=1S/C9H6F2/c1-2-7-5-3-4-6-8(10)9(7)11/h2,4-6H,1H2. The normalized spacial score (nSPS) is 16.4. The Morgan fingerprint density at radius 1 is 1.45 bits per heavy atom. The highest BCUT2D eigenvalue weighted by Crippen LogP contribution is 2.20. The quantitative estimate of drug-likeness (QED) is 0.506. The summed E-state index contributed by atoms with van der Waals surface area (Å²) in [5, 5.41) is 0. The average Bonchev–Trinajstić information content (AvgIpc) is 2.16. The minimum atomic E-state index is -0.888. The van der Waals surface area contributed by atoms with Crippen molar-refractivity contribution >= 4 is 0 Å². The van der Waals surface area contributed by atoms with Gasteiger partial charge in [0.25, 0.3) is 0 Å². The molecular weight excluding hydrogens is 146 g/mol. The van der Waals surface area contributed by atoms with Crippen molar-refractivity contribution in [2.45, 2.75) is 0 Å². The first-order valence-corrected chi connectivity index (χ1v) is 3.06. The van der Waals surface area contributed by atoms with Crippen molar-refractivity contribution in [1.29, 1.82) is 0 Å². The number of allylic oxidation sites excluding steroid dienone is 6. The Kier molecular flexibility index (Phi) is 2.19. The first-order chi connectivity index (χ1) is 5.25. The molecule has 0 atom stereocenters. The van der Waals surface area contributed by atoms with Crippen LogP contribution in [-0.2, 0) is 0 Å². The molecule has 2 heteroatoms. The number of hydrogen-bond acceptors (Lipinski definition) is 0. The molecule has 0 aromatic heterocycles. The third-order valence-corrected chi connectivity index (χ3v) is 1.25. The van der Waals surface area contributed by atoms with E-state index in [-0.39, 0.29) is 5.57 Å². The summed E-state index contributed by atoms with van der Waals surface area (Å²) >= 11 is 0. The summed E-state index contributed by atoms with van der Waals surface area (Å²) in [5.74, 6) is -1.78. The van der Waals surface area contributed by atoms with Gasteiger partial charge in [-0.15, -0.1) is 5.73 Å². The van der Waals surface area contributed by atoms with Gasteiger partial charge in [-0.1, -0.05) is 12.7 Å². The lowest BCUT2D eigenvalue weighted by molar-refractivity contribution is 0.542. The summed E-state index contributed by atoms with van der Waals surface area (Å²) in [5.41, 5.74) is 2.69. The molecule has 0 aromatic rings. The molecule has 1 rings (SSSR count). The van der Waals surface area contributed by atoms with Gasteiger partial charge in [-0.05, 0) is 18.2 Å². The highest BCUT2D eigenvalue weighted by molar-refractivity contribution is 5.42. The Balaban J connectivity index is 3.22. The van der Waals surface area contributed by atoms with E-state index in [4.69, 9.17) is 0 Å². The molecule has 1 aliphatic carbocycles. The number of halogens is 2. The average molecular weight is 152 g/mol. The van der Waals surface area contributed by atoms with Crippen LogP contribution in [0.5, 0.6) is 0 Å².